The van der Waals surface area contributed by atoms with Crippen molar-refractivity contribution in [2.24, 2.45) is 0 Å². The number of hydrogen-bond acceptors (Lipinski definition) is 5. The monoisotopic (exact) mass is 373 g/mol. The molecule has 4 aromatic rings. The minimum Gasteiger partial charge on any atom is -0.337 e. The average Bonchev–Trinajstić information content (AvgIpc) is 3.30. The molecule has 0 aliphatic heterocycles. The summed E-state index contributed by atoms with van der Waals surface area (Å²) in [5.41, 5.74) is 1.02. The Morgan fingerprint density at radius 1 is 1.15 bits per heavy atom. The fourth-order valence-corrected chi connectivity index (χ4v) is 2.63. The van der Waals surface area contributed by atoms with Gasteiger partial charge in [0, 0.05) is 11.8 Å². The minimum atomic E-state index is -4.41. The van der Waals surface area contributed by atoms with Crippen molar-refractivity contribution in [1.29, 1.82) is 0 Å². The molecular formula is C17H14F3N7. The first-order chi connectivity index (χ1) is 12.9. The van der Waals surface area contributed by atoms with Crippen LogP contribution in [0.3, 0.4) is 0 Å². The molecule has 1 N–H and O–H groups in total. The van der Waals surface area contributed by atoms with Crippen molar-refractivity contribution in [1.82, 2.24) is 29.4 Å². The number of fused-ring (bicyclic) bond motifs is 1. The molecule has 0 unspecified atom stereocenters. The third kappa shape index (κ3) is 3.33. The van der Waals surface area contributed by atoms with Gasteiger partial charge < -0.3 is 5.32 Å². The zero-order valence-electron chi connectivity index (χ0n) is 14.1. The Bertz CT molecular complexity index is 1100. The normalized spacial score (nSPS) is 11.9. The molecule has 4 rings (SSSR count). The zero-order valence-corrected chi connectivity index (χ0v) is 14.1. The van der Waals surface area contributed by atoms with Crippen molar-refractivity contribution in [2.75, 3.05) is 5.32 Å². The van der Waals surface area contributed by atoms with Crippen molar-refractivity contribution >= 4 is 17.3 Å². The molecule has 7 nitrogen and oxygen atoms in total. The molecule has 0 saturated heterocycles. The number of nitrogens with one attached hydrogen (secondary N) is 1. The Morgan fingerprint density at radius 3 is 2.78 bits per heavy atom. The van der Waals surface area contributed by atoms with E-state index in [1.54, 1.807) is 16.8 Å². The molecule has 0 amide bonds. The van der Waals surface area contributed by atoms with Gasteiger partial charge >= 0.3 is 6.18 Å². The van der Waals surface area contributed by atoms with Crippen LogP contribution in [-0.2, 0) is 12.6 Å². The summed E-state index contributed by atoms with van der Waals surface area (Å²) in [6, 6.07) is 6.82. The number of nitrogens with zero attached hydrogens (tertiary/aromatic N) is 6. The number of anilines is 2. The van der Waals surface area contributed by atoms with Crippen LogP contribution in [0.1, 0.15) is 18.2 Å². The van der Waals surface area contributed by atoms with E-state index in [1.165, 1.54) is 23.3 Å². The van der Waals surface area contributed by atoms with Crippen molar-refractivity contribution in [2.45, 2.75) is 19.5 Å². The van der Waals surface area contributed by atoms with Gasteiger partial charge in [0.1, 0.15) is 12.1 Å². The molecule has 0 spiro atoms. The molecule has 0 bridgehead atoms. The van der Waals surface area contributed by atoms with E-state index in [2.05, 4.69) is 25.5 Å². The third-order valence-electron chi connectivity index (χ3n) is 3.96. The quantitative estimate of drug-likeness (QED) is 0.591. The van der Waals surface area contributed by atoms with E-state index < -0.39 is 11.7 Å². The largest absolute Gasteiger partial charge is 0.416 e. The Balaban J connectivity index is 1.65. The van der Waals surface area contributed by atoms with Gasteiger partial charge in [0.05, 0.1) is 29.3 Å². The first-order valence-corrected chi connectivity index (χ1v) is 8.13. The fourth-order valence-electron chi connectivity index (χ4n) is 2.63. The van der Waals surface area contributed by atoms with E-state index in [-0.39, 0.29) is 0 Å². The predicted octanol–water partition coefficient (Wildman–Crippen LogP) is 3.63. The topological polar surface area (TPSA) is 72.9 Å². The molecule has 0 aliphatic rings. The van der Waals surface area contributed by atoms with Gasteiger partial charge in [-0.1, -0.05) is 13.0 Å². The van der Waals surface area contributed by atoms with Gasteiger partial charge in [0.2, 0.25) is 0 Å². The second-order valence-electron chi connectivity index (χ2n) is 5.80. The number of halogens is 3. The molecule has 27 heavy (non-hydrogen) atoms. The molecule has 3 heterocycles. The molecule has 0 fully saturated rings. The second kappa shape index (κ2) is 6.38. The number of aryl methyl sites for hydroxylation is 1. The summed E-state index contributed by atoms with van der Waals surface area (Å²) >= 11 is 0. The number of aromatic nitrogens is 6. The van der Waals surface area contributed by atoms with Crippen LogP contribution in [0.25, 0.3) is 11.5 Å². The highest BCUT2D eigenvalue weighted by Gasteiger charge is 2.30. The molecule has 0 radical (unpaired) electrons. The van der Waals surface area contributed by atoms with Crippen molar-refractivity contribution in [3.8, 4) is 5.69 Å². The summed E-state index contributed by atoms with van der Waals surface area (Å²) in [4.78, 5) is 8.45. The molecular weight excluding hydrogens is 359 g/mol. The Hall–Kier alpha value is -3.43. The van der Waals surface area contributed by atoms with E-state index in [0.717, 1.165) is 24.2 Å². The highest BCUT2D eigenvalue weighted by Crippen LogP contribution is 2.30. The Morgan fingerprint density at radius 2 is 2.00 bits per heavy atom. The Labute approximate surface area is 151 Å². The molecule has 3 aromatic heterocycles. The fraction of sp³-hybridized carbons (Fsp3) is 0.176. The SMILES string of the molecule is CCc1cc(Nc2cnn(-c3cccc(C(F)(F)F)c3)c2)n2ncnc2n1. The van der Waals surface area contributed by atoms with Gasteiger partial charge in [-0.2, -0.15) is 32.9 Å². The van der Waals surface area contributed by atoms with Gasteiger partial charge in [-0.05, 0) is 24.6 Å². The molecule has 10 heteroatoms. The van der Waals surface area contributed by atoms with Crippen LogP contribution in [0.15, 0.2) is 49.1 Å². The molecule has 138 valence electrons. The maximum absolute atomic E-state index is 12.9. The summed E-state index contributed by atoms with van der Waals surface area (Å²) in [5, 5.41) is 11.4. The minimum absolute atomic E-state index is 0.313. The molecule has 0 atom stereocenters. The van der Waals surface area contributed by atoms with Crippen LogP contribution < -0.4 is 5.32 Å². The average molecular weight is 373 g/mol. The zero-order chi connectivity index (χ0) is 19.0. The van der Waals surface area contributed by atoms with Crippen LogP contribution in [0.2, 0.25) is 0 Å². The van der Waals surface area contributed by atoms with E-state index in [4.69, 9.17) is 0 Å². The summed E-state index contributed by atoms with van der Waals surface area (Å²) in [6.45, 7) is 1.98. The summed E-state index contributed by atoms with van der Waals surface area (Å²) in [7, 11) is 0. The van der Waals surface area contributed by atoms with Crippen molar-refractivity contribution in [3.63, 3.8) is 0 Å². The van der Waals surface area contributed by atoms with Crippen LogP contribution >= 0.6 is 0 Å². The lowest BCUT2D eigenvalue weighted by atomic mass is 10.2. The van der Waals surface area contributed by atoms with Gasteiger partial charge in [-0.25, -0.2) is 9.67 Å². The number of alkyl halides is 3. The van der Waals surface area contributed by atoms with Gasteiger partial charge in [-0.3, -0.25) is 0 Å². The van der Waals surface area contributed by atoms with E-state index in [0.29, 0.717) is 23.0 Å². The highest BCUT2D eigenvalue weighted by molar-refractivity contribution is 5.58. The number of benzene rings is 1. The molecule has 0 saturated carbocycles. The van der Waals surface area contributed by atoms with Crippen LogP contribution in [-0.4, -0.2) is 29.4 Å². The summed E-state index contributed by atoms with van der Waals surface area (Å²) in [6.07, 6.45) is 0.844. The van der Waals surface area contributed by atoms with Gasteiger partial charge in [0.25, 0.3) is 5.78 Å². The third-order valence-corrected chi connectivity index (χ3v) is 3.96. The highest BCUT2D eigenvalue weighted by atomic mass is 19.4. The number of rotatable bonds is 4. The maximum Gasteiger partial charge on any atom is 0.416 e. The lowest BCUT2D eigenvalue weighted by Gasteiger charge is -2.09. The van der Waals surface area contributed by atoms with Crippen LogP contribution in [0.5, 0.6) is 0 Å². The van der Waals surface area contributed by atoms with E-state index in [1.807, 2.05) is 13.0 Å². The standard InChI is InChI=1S/C17H14F3N7/c1-2-12-7-15(27-16(25-12)21-10-23-27)24-13-8-22-26(9-13)14-5-3-4-11(6-14)17(18,19)20/h3-10,24H,2H2,1H3. The smallest absolute Gasteiger partial charge is 0.337 e. The summed E-state index contributed by atoms with van der Waals surface area (Å²) in [5.74, 6) is 1.10. The number of hydrogen-bond donors (Lipinski definition) is 1. The van der Waals surface area contributed by atoms with E-state index in [9.17, 15) is 13.2 Å². The van der Waals surface area contributed by atoms with E-state index >= 15 is 0 Å². The van der Waals surface area contributed by atoms with Gasteiger partial charge in [-0.15, -0.1) is 0 Å². The van der Waals surface area contributed by atoms with Gasteiger partial charge in [0.15, 0.2) is 0 Å². The first kappa shape index (κ1) is 17.0. The predicted molar refractivity (Wildman–Crippen MR) is 92.0 cm³/mol. The van der Waals surface area contributed by atoms with Crippen molar-refractivity contribution in [3.05, 3.63) is 60.3 Å². The maximum atomic E-state index is 12.9. The molecule has 0 aliphatic carbocycles. The van der Waals surface area contributed by atoms with Crippen LogP contribution in [0, 0.1) is 0 Å². The lowest BCUT2D eigenvalue weighted by Crippen LogP contribution is -2.06. The first-order valence-electron chi connectivity index (χ1n) is 8.13. The Kier molecular flexibility index (Phi) is 4.02. The second-order valence-corrected chi connectivity index (χ2v) is 5.80. The lowest BCUT2D eigenvalue weighted by molar-refractivity contribution is -0.137. The van der Waals surface area contributed by atoms with Crippen molar-refractivity contribution < 1.29 is 13.2 Å². The van der Waals surface area contributed by atoms with Crippen LogP contribution in [0.4, 0.5) is 24.7 Å². The summed E-state index contributed by atoms with van der Waals surface area (Å²) < 4.78 is 41.6. The molecule has 1 aromatic carbocycles.